The van der Waals surface area contributed by atoms with Gasteiger partial charge in [0.05, 0.1) is 5.54 Å². The number of rotatable bonds is 3. The van der Waals surface area contributed by atoms with Gasteiger partial charge in [-0.3, -0.25) is 4.79 Å². The van der Waals surface area contributed by atoms with Crippen molar-refractivity contribution in [3.05, 3.63) is 29.3 Å². The maximum Gasteiger partial charge on any atom is 0.251 e. The van der Waals surface area contributed by atoms with Crippen LogP contribution >= 0.6 is 0 Å². The standard InChI is InChI=1S/C15H22N2O2/c1-11-9-12(5-6-13(11)18)14(19)17-15(10-16)7-3-2-4-8-15/h5-6,9,18H,2-4,7-8,10,16H2,1H3,(H,17,19). The average Bonchev–Trinajstić information content (AvgIpc) is 2.43. The van der Waals surface area contributed by atoms with E-state index in [9.17, 15) is 9.90 Å². The van der Waals surface area contributed by atoms with Crippen molar-refractivity contribution in [1.29, 1.82) is 0 Å². The van der Waals surface area contributed by atoms with Gasteiger partial charge in [0, 0.05) is 12.1 Å². The molecule has 2 rings (SSSR count). The molecule has 1 fully saturated rings. The van der Waals surface area contributed by atoms with E-state index in [0.717, 1.165) is 25.7 Å². The number of carbonyl (C=O) groups excluding carboxylic acids is 1. The third-order valence-electron chi connectivity index (χ3n) is 4.04. The normalized spacial score (nSPS) is 18.0. The van der Waals surface area contributed by atoms with E-state index in [1.54, 1.807) is 25.1 Å². The molecule has 0 aromatic heterocycles. The summed E-state index contributed by atoms with van der Waals surface area (Å²) in [6.07, 6.45) is 5.35. The molecule has 4 heteroatoms. The van der Waals surface area contributed by atoms with Crippen molar-refractivity contribution in [3.63, 3.8) is 0 Å². The molecular formula is C15H22N2O2. The van der Waals surface area contributed by atoms with Crippen LogP contribution in [0.1, 0.15) is 48.0 Å². The molecule has 104 valence electrons. The van der Waals surface area contributed by atoms with Crippen LogP contribution in [0.4, 0.5) is 0 Å². The number of benzene rings is 1. The fraction of sp³-hybridized carbons (Fsp3) is 0.533. The summed E-state index contributed by atoms with van der Waals surface area (Å²) in [5.41, 5.74) is 6.90. The number of nitrogens with one attached hydrogen (secondary N) is 1. The Morgan fingerprint density at radius 2 is 2.05 bits per heavy atom. The number of aryl methyl sites for hydroxylation is 1. The molecule has 1 amide bonds. The van der Waals surface area contributed by atoms with E-state index in [1.165, 1.54) is 6.42 Å². The summed E-state index contributed by atoms with van der Waals surface area (Å²) in [5.74, 6) is 0.109. The fourth-order valence-electron chi connectivity index (χ4n) is 2.72. The molecule has 1 saturated carbocycles. The molecule has 0 radical (unpaired) electrons. The van der Waals surface area contributed by atoms with Gasteiger partial charge in [-0.2, -0.15) is 0 Å². The van der Waals surface area contributed by atoms with Crippen LogP contribution < -0.4 is 11.1 Å². The lowest BCUT2D eigenvalue weighted by molar-refractivity contribution is 0.0874. The lowest BCUT2D eigenvalue weighted by atomic mass is 9.81. The van der Waals surface area contributed by atoms with Crippen molar-refractivity contribution >= 4 is 5.91 Å². The molecule has 1 aromatic carbocycles. The third-order valence-corrected chi connectivity index (χ3v) is 4.04. The highest BCUT2D eigenvalue weighted by Crippen LogP contribution is 2.28. The number of hydrogen-bond acceptors (Lipinski definition) is 3. The first-order valence-corrected chi connectivity index (χ1v) is 6.88. The molecule has 4 N–H and O–H groups in total. The fourth-order valence-corrected chi connectivity index (χ4v) is 2.72. The summed E-state index contributed by atoms with van der Waals surface area (Å²) in [7, 11) is 0. The highest BCUT2D eigenvalue weighted by atomic mass is 16.3. The zero-order chi connectivity index (χ0) is 13.9. The van der Waals surface area contributed by atoms with Crippen molar-refractivity contribution in [2.24, 2.45) is 5.73 Å². The Morgan fingerprint density at radius 3 is 2.63 bits per heavy atom. The first-order chi connectivity index (χ1) is 9.06. The van der Waals surface area contributed by atoms with Crippen molar-refractivity contribution < 1.29 is 9.90 Å². The Hall–Kier alpha value is -1.55. The highest BCUT2D eigenvalue weighted by Gasteiger charge is 2.32. The smallest absolute Gasteiger partial charge is 0.251 e. The predicted octanol–water partition coefficient (Wildman–Crippen LogP) is 2.09. The van der Waals surface area contributed by atoms with Crippen molar-refractivity contribution in [3.8, 4) is 5.75 Å². The number of amides is 1. The van der Waals surface area contributed by atoms with E-state index in [2.05, 4.69) is 5.32 Å². The molecule has 19 heavy (non-hydrogen) atoms. The topological polar surface area (TPSA) is 75.4 Å². The van der Waals surface area contributed by atoms with Crippen LogP contribution in [-0.4, -0.2) is 23.1 Å². The van der Waals surface area contributed by atoms with E-state index >= 15 is 0 Å². The molecule has 1 aliphatic rings. The summed E-state index contributed by atoms with van der Waals surface area (Å²) in [5, 5.41) is 12.6. The van der Waals surface area contributed by atoms with E-state index in [1.807, 2.05) is 0 Å². The van der Waals surface area contributed by atoms with Gasteiger partial charge < -0.3 is 16.2 Å². The molecule has 4 nitrogen and oxygen atoms in total. The van der Waals surface area contributed by atoms with E-state index in [0.29, 0.717) is 17.7 Å². The molecule has 0 unspecified atom stereocenters. The van der Waals surface area contributed by atoms with Crippen molar-refractivity contribution in [1.82, 2.24) is 5.32 Å². The third kappa shape index (κ3) is 3.07. The summed E-state index contributed by atoms with van der Waals surface area (Å²) < 4.78 is 0. The monoisotopic (exact) mass is 262 g/mol. The molecule has 1 aromatic rings. The number of hydrogen-bond donors (Lipinski definition) is 3. The average molecular weight is 262 g/mol. The first kappa shape index (κ1) is 13.9. The molecular weight excluding hydrogens is 240 g/mol. The van der Waals surface area contributed by atoms with Gasteiger partial charge in [-0.25, -0.2) is 0 Å². The summed E-state index contributed by atoms with van der Waals surface area (Å²) in [6, 6.07) is 4.91. The zero-order valence-corrected chi connectivity index (χ0v) is 11.4. The Bertz CT molecular complexity index is 465. The summed E-state index contributed by atoms with van der Waals surface area (Å²) in [4.78, 5) is 12.3. The molecule has 1 aliphatic carbocycles. The van der Waals surface area contributed by atoms with Crippen LogP contribution in [0.2, 0.25) is 0 Å². The number of carbonyl (C=O) groups is 1. The quantitative estimate of drug-likeness (QED) is 0.780. The maximum absolute atomic E-state index is 12.3. The van der Waals surface area contributed by atoms with E-state index in [-0.39, 0.29) is 17.2 Å². The van der Waals surface area contributed by atoms with Crippen LogP contribution in [0.15, 0.2) is 18.2 Å². The molecule has 0 atom stereocenters. The lowest BCUT2D eigenvalue weighted by Gasteiger charge is -2.37. The molecule has 0 heterocycles. The lowest BCUT2D eigenvalue weighted by Crippen LogP contribution is -2.54. The highest BCUT2D eigenvalue weighted by molar-refractivity contribution is 5.95. The Kier molecular flexibility index (Phi) is 4.10. The summed E-state index contributed by atoms with van der Waals surface area (Å²) >= 11 is 0. The van der Waals surface area contributed by atoms with Gasteiger partial charge >= 0.3 is 0 Å². The van der Waals surface area contributed by atoms with Crippen molar-refractivity contribution in [2.45, 2.75) is 44.6 Å². The predicted molar refractivity (Wildman–Crippen MR) is 75.2 cm³/mol. The first-order valence-electron chi connectivity index (χ1n) is 6.88. The number of phenols is 1. The second-order valence-electron chi connectivity index (χ2n) is 5.50. The van der Waals surface area contributed by atoms with Gasteiger partial charge in [-0.1, -0.05) is 19.3 Å². The largest absolute Gasteiger partial charge is 0.508 e. The Balaban J connectivity index is 2.12. The second kappa shape index (κ2) is 5.61. The minimum atomic E-state index is -0.249. The van der Waals surface area contributed by atoms with Gasteiger partial charge in [0.1, 0.15) is 5.75 Å². The SMILES string of the molecule is Cc1cc(C(=O)NC2(CN)CCCCC2)ccc1O. The minimum Gasteiger partial charge on any atom is -0.508 e. The molecule has 0 saturated heterocycles. The van der Waals surface area contributed by atoms with Gasteiger partial charge in [-0.05, 0) is 43.5 Å². The number of phenolic OH excluding ortho intramolecular Hbond substituents is 1. The Morgan fingerprint density at radius 1 is 1.37 bits per heavy atom. The van der Waals surface area contributed by atoms with Gasteiger partial charge in [0.25, 0.3) is 5.91 Å². The minimum absolute atomic E-state index is 0.101. The van der Waals surface area contributed by atoms with Crippen LogP contribution in [0, 0.1) is 6.92 Å². The van der Waals surface area contributed by atoms with Crippen LogP contribution in [-0.2, 0) is 0 Å². The second-order valence-corrected chi connectivity index (χ2v) is 5.50. The van der Waals surface area contributed by atoms with Gasteiger partial charge in [0.15, 0.2) is 0 Å². The van der Waals surface area contributed by atoms with Crippen LogP contribution in [0.25, 0.3) is 0 Å². The summed E-state index contributed by atoms with van der Waals surface area (Å²) in [6.45, 7) is 2.27. The maximum atomic E-state index is 12.3. The molecule has 0 bridgehead atoms. The molecule has 0 spiro atoms. The molecule has 0 aliphatic heterocycles. The van der Waals surface area contributed by atoms with Crippen LogP contribution in [0.3, 0.4) is 0 Å². The zero-order valence-electron chi connectivity index (χ0n) is 11.4. The Labute approximate surface area is 114 Å². The van der Waals surface area contributed by atoms with Gasteiger partial charge in [-0.15, -0.1) is 0 Å². The van der Waals surface area contributed by atoms with E-state index in [4.69, 9.17) is 5.73 Å². The van der Waals surface area contributed by atoms with E-state index < -0.39 is 0 Å². The number of nitrogens with two attached hydrogens (primary N) is 1. The van der Waals surface area contributed by atoms with Crippen LogP contribution in [0.5, 0.6) is 5.75 Å². The van der Waals surface area contributed by atoms with Crippen molar-refractivity contribution in [2.75, 3.05) is 6.54 Å². The van der Waals surface area contributed by atoms with Gasteiger partial charge in [0.2, 0.25) is 0 Å². The number of aromatic hydroxyl groups is 1.